The molecule has 8 heteroatoms. The van der Waals surface area contributed by atoms with E-state index >= 15 is 0 Å². The van der Waals surface area contributed by atoms with Crippen LogP contribution in [-0.2, 0) is 10.0 Å². The van der Waals surface area contributed by atoms with Crippen molar-refractivity contribution in [1.29, 1.82) is 0 Å². The van der Waals surface area contributed by atoms with Gasteiger partial charge in [0.05, 0.1) is 23.0 Å². The molecule has 0 radical (unpaired) electrons. The molecule has 21 heavy (non-hydrogen) atoms. The molecule has 0 saturated heterocycles. The van der Waals surface area contributed by atoms with Gasteiger partial charge in [0.25, 0.3) is 10.0 Å². The molecular formula is C13H12BrClN2O3S. The van der Waals surface area contributed by atoms with E-state index in [0.29, 0.717) is 11.4 Å². The minimum atomic E-state index is -3.83. The lowest BCUT2D eigenvalue weighted by atomic mass is 10.3. The number of ether oxygens (including phenoxy) is 1. The van der Waals surface area contributed by atoms with Crippen LogP contribution >= 0.6 is 27.5 Å². The molecule has 0 saturated carbocycles. The molecule has 0 spiro atoms. The van der Waals surface area contributed by atoms with Crippen molar-refractivity contribution in [3.05, 3.63) is 45.9 Å². The normalized spacial score (nSPS) is 11.2. The Kier molecular flexibility index (Phi) is 4.65. The Hall–Kier alpha value is -1.44. The van der Waals surface area contributed by atoms with Gasteiger partial charge >= 0.3 is 0 Å². The van der Waals surface area contributed by atoms with Crippen LogP contribution in [0, 0.1) is 0 Å². The van der Waals surface area contributed by atoms with E-state index in [2.05, 4.69) is 20.7 Å². The van der Waals surface area contributed by atoms with Crippen LogP contribution in [0.4, 0.5) is 11.4 Å². The number of nitrogens with one attached hydrogen (secondary N) is 1. The fraction of sp³-hybridized carbons (Fsp3) is 0.0769. The van der Waals surface area contributed by atoms with Crippen LogP contribution in [0.3, 0.4) is 0 Å². The van der Waals surface area contributed by atoms with E-state index in [0.717, 1.165) is 4.47 Å². The zero-order valence-electron chi connectivity index (χ0n) is 10.9. The lowest BCUT2D eigenvalue weighted by Crippen LogP contribution is -2.14. The van der Waals surface area contributed by atoms with E-state index in [-0.39, 0.29) is 15.6 Å². The van der Waals surface area contributed by atoms with Gasteiger partial charge in [0.2, 0.25) is 0 Å². The van der Waals surface area contributed by atoms with Crippen molar-refractivity contribution in [2.45, 2.75) is 4.90 Å². The fourth-order valence-electron chi connectivity index (χ4n) is 1.67. The molecule has 112 valence electrons. The molecule has 0 aliphatic carbocycles. The molecule has 0 unspecified atom stereocenters. The fourth-order valence-corrected chi connectivity index (χ4v) is 3.53. The van der Waals surface area contributed by atoms with E-state index in [9.17, 15) is 8.42 Å². The smallest absolute Gasteiger partial charge is 0.263 e. The summed E-state index contributed by atoms with van der Waals surface area (Å²) in [5, 5.41) is 0.290. The highest BCUT2D eigenvalue weighted by atomic mass is 79.9. The predicted octanol–water partition coefficient (Wildman–Crippen LogP) is 3.49. The lowest BCUT2D eigenvalue weighted by molar-refractivity contribution is 0.412. The van der Waals surface area contributed by atoms with Crippen molar-refractivity contribution in [3.8, 4) is 5.75 Å². The number of nitrogen functional groups attached to an aromatic ring is 1. The van der Waals surface area contributed by atoms with Crippen molar-refractivity contribution in [1.82, 2.24) is 0 Å². The Morgan fingerprint density at radius 1 is 1.24 bits per heavy atom. The number of rotatable bonds is 4. The largest absolute Gasteiger partial charge is 0.495 e. The maximum atomic E-state index is 12.4. The van der Waals surface area contributed by atoms with Gasteiger partial charge in [-0.1, -0.05) is 11.6 Å². The molecule has 2 aromatic rings. The number of nitrogens with two attached hydrogens (primary N) is 1. The number of anilines is 2. The molecule has 5 nitrogen and oxygen atoms in total. The van der Waals surface area contributed by atoms with Crippen LogP contribution in [0.2, 0.25) is 5.02 Å². The van der Waals surface area contributed by atoms with Crippen LogP contribution in [0.15, 0.2) is 45.8 Å². The second-order valence-corrected chi connectivity index (χ2v) is 7.08. The van der Waals surface area contributed by atoms with Gasteiger partial charge in [-0.2, -0.15) is 0 Å². The molecule has 0 aliphatic rings. The van der Waals surface area contributed by atoms with Gasteiger partial charge in [-0.3, -0.25) is 4.72 Å². The zero-order chi connectivity index (χ0) is 15.6. The summed E-state index contributed by atoms with van der Waals surface area (Å²) in [5.41, 5.74) is 6.18. The summed E-state index contributed by atoms with van der Waals surface area (Å²) in [6.45, 7) is 0. The molecule has 0 amide bonds. The third kappa shape index (κ3) is 3.61. The summed E-state index contributed by atoms with van der Waals surface area (Å²) in [4.78, 5) is -0.0723. The minimum Gasteiger partial charge on any atom is -0.495 e. The Bertz CT molecular complexity index is 781. The molecule has 0 atom stereocenters. The van der Waals surface area contributed by atoms with E-state index in [4.69, 9.17) is 22.1 Å². The number of benzene rings is 2. The highest BCUT2D eigenvalue weighted by Crippen LogP contribution is 2.30. The van der Waals surface area contributed by atoms with Gasteiger partial charge < -0.3 is 10.5 Å². The summed E-state index contributed by atoms with van der Waals surface area (Å²) >= 11 is 9.12. The van der Waals surface area contributed by atoms with Crippen molar-refractivity contribution < 1.29 is 13.2 Å². The predicted molar refractivity (Wildman–Crippen MR) is 87.4 cm³/mol. The third-order valence-electron chi connectivity index (χ3n) is 2.67. The first kappa shape index (κ1) is 15.9. The number of halogens is 2. The quantitative estimate of drug-likeness (QED) is 0.782. The van der Waals surface area contributed by atoms with Gasteiger partial charge in [0.15, 0.2) is 0 Å². The van der Waals surface area contributed by atoms with Crippen molar-refractivity contribution in [2.75, 3.05) is 17.6 Å². The van der Waals surface area contributed by atoms with E-state index in [1.807, 2.05) is 0 Å². The first-order valence-corrected chi connectivity index (χ1v) is 8.40. The summed E-state index contributed by atoms with van der Waals surface area (Å²) in [5.74, 6) is 0.509. The molecule has 3 N–H and O–H groups in total. The van der Waals surface area contributed by atoms with Crippen LogP contribution < -0.4 is 15.2 Å². The van der Waals surface area contributed by atoms with Crippen molar-refractivity contribution >= 4 is 48.9 Å². The number of sulfonamides is 1. The molecular weight excluding hydrogens is 380 g/mol. The number of hydrogen-bond donors (Lipinski definition) is 2. The highest BCUT2D eigenvalue weighted by molar-refractivity contribution is 9.10. The van der Waals surface area contributed by atoms with E-state index < -0.39 is 10.0 Å². The third-order valence-corrected chi connectivity index (χ3v) is 5.00. The van der Waals surface area contributed by atoms with E-state index in [1.54, 1.807) is 18.2 Å². The maximum Gasteiger partial charge on any atom is 0.263 e. The maximum absolute atomic E-state index is 12.4. The SMILES string of the molecule is COc1cc(NS(=O)(=O)c2cc(Cl)ccc2N)ccc1Br. The van der Waals surface area contributed by atoms with Crippen molar-refractivity contribution in [3.63, 3.8) is 0 Å². The first-order chi connectivity index (χ1) is 9.83. The minimum absolute atomic E-state index is 0.0723. The highest BCUT2D eigenvalue weighted by Gasteiger charge is 2.18. The first-order valence-electron chi connectivity index (χ1n) is 5.75. The van der Waals surface area contributed by atoms with Gasteiger partial charge in [-0.15, -0.1) is 0 Å². The van der Waals surface area contributed by atoms with Gasteiger partial charge in [-0.05, 0) is 46.3 Å². The molecule has 0 heterocycles. The Labute approximate surface area is 136 Å². The van der Waals surface area contributed by atoms with Crippen LogP contribution in [0.1, 0.15) is 0 Å². The molecule has 0 fully saturated rings. The zero-order valence-corrected chi connectivity index (χ0v) is 14.1. The lowest BCUT2D eigenvalue weighted by Gasteiger charge is -2.12. The molecule has 0 aliphatic heterocycles. The second-order valence-electron chi connectivity index (χ2n) is 4.14. The molecule has 2 aromatic carbocycles. The van der Waals surface area contributed by atoms with Crippen molar-refractivity contribution in [2.24, 2.45) is 0 Å². The molecule has 0 bridgehead atoms. The molecule has 2 rings (SSSR count). The topological polar surface area (TPSA) is 81.4 Å². The number of hydrogen-bond acceptors (Lipinski definition) is 4. The molecule has 0 aromatic heterocycles. The Morgan fingerprint density at radius 2 is 1.95 bits per heavy atom. The average Bonchev–Trinajstić information content (AvgIpc) is 2.43. The van der Waals surface area contributed by atoms with E-state index in [1.165, 1.54) is 25.3 Å². The van der Waals surface area contributed by atoms with Crippen LogP contribution in [0.5, 0.6) is 5.75 Å². The average molecular weight is 392 g/mol. The summed E-state index contributed by atoms with van der Waals surface area (Å²) in [6, 6.07) is 9.11. The summed E-state index contributed by atoms with van der Waals surface area (Å²) in [6.07, 6.45) is 0. The van der Waals surface area contributed by atoms with Crippen LogP contribution in [0.25, 0.3) is 0 Å². The summed E-state index contributed by atoms with van der Waals surface area (Å²) in [7, 11) is -2.34. The van der Waals surface area contributed by atoms with Gasteiger partial charge in [0.1, 0.15) is 10.6 Å². The Balaban J connectivity index is 2.40. The van der Waals surface area contributed by atoms with Crippen LogP contribution in [-0.4, -0.2) is 15.5 Å². The number of methoxy groups -OCH3 is 1. The monoisotopic (exact) mass is 390 g/mol. The second kappa shape index (κ2) is 6.13. The standard InChI is InChI=1S/C13H12BrClN2O3S/c1-20-12-7-9(3-4-10(12)14)17-21(18,19)13-6-8(15)2-5-11(13)16/h2-7,17H,16H2,1H3. The van der Waals surface area contributed by atoms with Gasteiger partial charge in [0, 0.05) is 11.1 Å². The van der Waals surface area contributed by atoms with Gasteiger partial charge in [-0.25, -0.2) is 8.42 Å². The summed E-state index contributed by atoms with van der Waals surface area (Å²) < 4.78 is 33.0. The Morgan fingerprint density at radius 3 is 2.62 bits per heavy atom.